The fraction of sp³-hybridized carbons (Fsp3) is 0.652. The molecule has 1 N–H and O–H groups in total. The van der Waals surface area contributed by atoms with Crippen LogP contribution < -0.4 is 0 Å². The smallest absolute Gasteiger partial charge is 0.317 e. The normalized spacial score (nSPS) is 20.4. The molecule has 1 rings (SSSR count). The summed E-state index contributed by atoms with van der Waals surface area (Å²) in [5.41, 5.74) is 4.36. The van der Waals surface area contributed by atoms with Gasteiger partial charge in [-0.25, -0.2) is 0 Å². The van der Waals surface area contributed by atoms with Gasteiger partial charge in [-0.15, -0.1) is 0 Å². The van der Waals surface area contributed by atoms with Gasteiger partial charge in [-0.05, 0) is 76.2 Å². The molecule has 0 heterocycles. The van der Waals surface area contributed by atoms with Crippen molar-refractivity contribution in [3.05, 3.63) is 35.5 Å². The molecule has 0 bridgehead atoms. The van der Waals surface area contributed by atoms with Gasteiger partial charge in [0.25, 0.3) is 0 Å². The number of hydrogen-bond acceptors (Lipinski definition) is 3. The van der Waals surface area contributed by atoms with E-state index >= 15 is 0 Å². The summed E-state index contributed by atoms with van der Waals surface area (Å²) in [6, 6.07) is 0. The summed E-state index contributed by atoms with van der Waals surface area (Å²) in [5.74, 6) is -1.24. The Labute approximate surface area is 164 Å². The topological polar surface area (TPSA) is 63.6 Å². The summed E-state index contributed by atoms with van der Waals surface area (Å²) >= 11 is 0. The average molecular weight is 377 g/mol. The molecule has 1 atom stereocenters. The van der Waals surface area contributed by atoms with Crippen LogP contribution in [0.5, 0.6) is 0 Å². The van der Waals surface area contributed by atoms with Crippen molar-refractivity contribution in [2.45, 2.75) is 79.1 Å². The number of allylic oxidation sites excluding steroid dienone is 4. The molecule has 0 aromatic rings. The molecule has 4 nitrogen and oxygen atoms in total. The first-order chi connectivity index (χ1) is 12.6. The summed E-state index contributed by atoms with van der Waals surface area (Å²) in [5, 5.41) is 8.50. The Morgan fingerprint density at radius 1 is 1.22 bits per heavy atom. The third-order valence-electron chi connectivity index (χ3n) is 5.59. The lowest BCUT2D eigenvalue weighted by Crippen LogP contribution is -2.29. The zero-order valence-corrected chi connectivity index (χ0v) is 17.5. The van der Waals surface area contributed by atoms with Gasteiger partial charge in [0.1, 0.15) is 13.0 Å². The van der Waals surface area contributed by atoms with Crippen LogP contribution in [-0.4, -0.2) is 23.7 Å². The van der Waals surface area contributed by atoms with Crippen molar-refractivity contribution >= 4 is 11.9 Å². The van der Waals surface area contributed by atoms with Crippen LogP contribution in [0, 0.1) is 11.3 Å². The lowest BCUT2D eigenvalue weighted by atomic mass is 9.65. The predicted molar refractivity (Wildman–Crippen MR) is 109 cm³/mol. The summed E-state index contributed by atoms with van der Waals surface area (Å²) in [4.78, 5) is 21.6. The molecule has 0 amide bonds. The number of carboxylic acid groups (broad SMARTS) is 1. The Hall–Kier alpha value is -1.84. The fourth-order valence-electron chi connectivity index (χ4n) is 3.84. The van der Waals surface area contributed by atoms with Gasteiger partial charge in [-0.1, -0.05) is 43.2 Å². The SMILES string of the molecule is C=C1CCCC(C)(C)[C@@H]1CC/C(C)=C/CC/C(C)=C/COC(=O)CC(=O)O. The van der Waals surface area contributed by atoms with Crippen LogP contribution in [0.1, 0.15) is 79.1 Å². The molecular weight excluding hydrogens is 340 g/mol. The number of aliphatic carboxylic acids is 1. The molecule has 27 heavy (non-hydrogen) atoms. The molecular formula is C23H36O4. The van der Waals surface area contributed by atoms with Crippen LogP contribution in [0.15, 0.2) is 35.5 Å². The second-order valence-corrected chi connectivity index (χ2v) is 8.48. The predicted octanol–water partition coefficient (Wildman–Crippen LogP) is 5.84. The summed E-state index contributed by atoms with van der Waals surface area (Å²) < 4.78 is 4.87. The van der Waals surface area contributed by atoms with Crippen LogP contribution in [-0.2, 0) is 14.3 Å². The van der Waals surface area contributed by atoms with E-state index in [4.69, 9.17) is 9.84 Å². The van der Waals surface area contributed by atoms with Crippen LogP contribution in [0.4, 0.5) is 0 Å². The molecule has 152 valence electrons. The lowest BCUT2D eigenvalue weighted by Gasteiger charge is -2.40. The van der Waals surface area contributed by atoms with Crippen LogP contribution in [0.25, 0.3) is 0 Å². The number of carbonyl (C=O) groups is 2. The number of ether oxygens (including phenoxy) is 1. The van der Waals surface area contributed by atoms with Crippen molar-refractivity contribution in [2.75, 3.05) is 6.61 Å². The van der Waals surface area contributed by atoms with E-state index in [1.54, 1.807) is 0 Å². The zero-order chi connectivity index (χ0) is 20.4. The molecule has 0 spiro atoms. The van der Waals surface area contributed by atoms with Crippen LogP contribution in [0.2, 0.25) is 0 Å². The van der Waals surface area contributed by atoms with Gasteiger partial charge >= 0.3 is 11.9 Å². The van der Waals surface area contributed by atoms with E-state index in [1.807, 2.05) is 13.0 Å². The van der Waals surface area contributed by atoms with E-state index in [2.05, 4.69) is 33.4 Å². The molecule has 0 radical (unpaired) electrons. The zero-order valence-electron chi connectivity index (χ0n) is 17.5. The molecule has 1 aliphatic carbocycles. The van der Waals surface area contributed by atoms with E-state index in [9.17, 15) is 9.59 Å². The molecule has 0 aromatic carbocycles. The molecule has 1 aliphatic rings. The molecule has 0 unspecified atom stereocenters. The largest absolute Gasteiger partial charge is 0.481 e. The molecule has 0 aromatic heterocycles. The van der Waals surface area contributed by atoms with Gasteiger partial charge in [0.2, 0.25) is 0 Å². The Balaban J connectivity index is 2.33. The number of esters is 1. The lowest BCUT2D eigenvalue weighted by molar-refractivity contribution is -0.150. The van der Waals surface area contributed by atoms with Crippen molar-refractivity contribution in [1.82, 2.24) is 0 Å². The van der Waals surface area contributed by atoms with E-state index < -0.39 is 18.4 Å². The Bertz CT molecular complexity index is 595. The molecule has 1 saturated carbocycles. The maximum atomic E-state index is 11.2. The van der Waals surface area contributed by atoms with E-state index in [1.165, 1.54) is 36.8 Å². The maximum absolute atomic E-state index is 11.2. The third kappa shape index (κ3) is 9.07. The highest BCUT2D eigenvalue weighted by Gasteiger charge is 2.33. The second kappa shape index (κ2) is 11.1. The van der Waals surface area contributed by atoms with Gasteiger partial charge < -0.3 is 9.84 Å². The Morgan fingerprint density at radius 3 is 2.52 bits per heavy atom. The van der Waals surface area contributed by atoms with Crippen molar-refractivity contribution in [1.29, 1.82) is 0 Å². The number of carboxylic acids is 1. The first-order valence-electron chi connectivity index (χ1n) is 9.98. The van der Waals surface area contributed by atoms with Crippen molar-refractivity contribution in [3.63, 3.8) is 0 Å². The Morgan fingerprint density at radius 2 is 1.89 bits per heavy atom. The average Bonchev–Trinajstić information content (AvgIpc) is 2.53. The number of hydrogen-bond donors (Lipinski definition) is 1. The highest BCUT2D eigenvalue weighted by atomic mass is 16.5. The van der Waals surface area contributed by atoms with E-state index in [0.717, 1.165) is 24.8 Å². The van der Waals surface area contributed by atoms with Crippen molar-refractivity contribution in [3.8, 4) is 0 Å². The molecule has 0 saturated heterocycles. The Kier molecular flexibility index (Phi) is 9.54. The molecule has 4 heteroatoms. The quantitative estimate of drug-likeness (QED) is 0.295. The monoisotopic (exact) mass is 376 g/mol. The van der Waals surface area contributed by atoms with Gasteiger partial charge in [0.15, 0.2) is 0 Å². The van der Waals surface area contributed by atoms with Gasteiger partial charge in [-0.3, -0.25) is 9.59 Å². The minimum atomic E-state index is -1.17. The van der Waals surface area contributed by atoms with E-state index in [0.29, 0.717) is 11.3 Å². The van der Waals surface area contributed by atoms with Crippen molar-refractivity contribution < 1.29 is 19.4 Å². The van der Waals surface area contributed by atoms with Crippen LogP contribution >= 0.6 is 0 Å². The maximum Gasteiger partial charge on any atom is 0.317 e. The molecule has 0 aliphatic heterocycles. The standard InChI is InChI=1S/C23H36O4/c1-17(11-12-20-19(3)10-7-14-23(20,4)5)8-6-9-18(2)13-15-27-22(26)16-21(24)25/h8,13,20H,3,6-7,9-12,14-16H2,1-2,4-5H3,(H,24,25)/b17-8+,18-13+/t20-/m1/s1. The summed E-state index contributed by atoms with van der Waals surface area (Å²) in [6.45, 7) is 13.4. The minimum absolute atomic E-state index is 0.138. The van der Waals surface area contributed by atoms with E-state index in [-0.39, 0.29) is 6.61 Å². The first kappa shape index (κ1) is 23.2. The number of carbonyl (C=O) groups excluding carboxylic acids is 1. The highest BCUT2D eigenvalue weighted by molar-refractivity contribution is 5.90. The van der Waals surface area contributed by atoms with Gasteiger partial charge in [0, 0.05) is 0 Å². The fourth-order valence-corrected chi connectivity index (χ4v) is 3.84. The minimum Gasteiger partial charge on any atom is -0.481 e. The third-order valence-corrected chi connectivity index (χ3v) is 5.59. The van der Waals surface area contributed by atoms with Gasteiger partial charge in [-0.2, -0.15) is 0 Å². The first-order valence-corrected chi connectivity index (χ1v) is 9.98. The second-order valence-electron chi connectivity index (χ2n) is 8.48. The molecule has 1 fully saturated rings. The summed E-state index contributed by atoms with van der Waals surface area (Å²) in [6.07, 6.45) is 11.5. The van der Waals surface area contributed by atoms with Crippen molar-refractivity contribution in [2.24, 2.45) is 11.3 Å². The highest BCUT2D eigenvalue weighted by Crippen LogP contribution is 2.45. The van der Waals surface area contributed by atoms with Gasteiger partial charge in [0.05, 0.1) is 0 Å². The number of rotatable bonds is 10. The summed E-state index contributed by atoms with van der Waals surface area (Å²) in [7, 11) is 0. The van der Waals surface area contributed by atoms with Crippen LogP contribution in [0.3, 0.4) is 0 Å².